The molecule has 5 nitrogen and oxygen atoms in total. The first kappa shape index (κ1) is 15.8. The van der Waals surface area contributed by atoms with E-state index in [0.29, 0.717) is 19.0 Å². The van der Waals surface area contributed by atoms with Gasteiger partial charge in [-0.1, -0.05) is 29.8 Å². The van der Waals surface area contributed by atoms with E-state index >= 15 is 0 Å². The van der Waals surface area contributed by atoms with E-state index in [1.807, 2.05) is 23.1 Å². The maximum Gasteiger partial charge on any atom is 0.322 e. The number of ether oxygens (including phenoxy) is 2. The number of urea groups is 1. The van der Waals surface area contributed by atoms with Gasteiger partial charge in [0.15, 0.2) is 11.5 Å². The first-order chi connectivity index (χ1) is 12.2. The molecule has 1 fully saturated rings. The van der Waals surface area contributed by atoms with Crippen LogP contribution in [0.25, 0.3) is 0 Å². The van der Waals surface area contributed by atoms with E-state index in [1.165, 1.54) is 11.1 Å². The van der Waals surface area contributed by atoms with Crippen molar-refractivity contribution in [3.63, 3.8) is 0 Å². The Morgan fingerprint density at radius 3 is 2.80 bits per heavy atom. The van der Waals surface area contributed by atoms with Crippen molar-refractivity contribution in [1.29, 1.82) is 0 Å². The summed E-state index contributed by atoms with van der Waals surface area (Å²) in [6, 6.07) is 14.0. The second kappa shape index (κ2) is 6.67. The van der Waals surface area contributed by atoms with Gasteiger partial charge in [-0.05, 0) is 37.5 Å². The third-order valence-electron chi connectivity index (χ3n) is 4.73. The summed E-state index contributed by atoms with van der Waals surface area (Å²) in [4.78, 5) is 14.7. The number of fused-ring (bicyclic) bond motifs is 1. The number of nitrogens with zero attached hydrogens (tertiary/aromatic N) is 1. The maximum atomic E-state index is 12.8. The van der Waals surface area contributed by atoms with E-state index in [2.05, 4.69) is 36.5 Å². The van der Waals surface area contributed by atoms with Crippen molar-refractivity contribution in [1.82, 2.24) is 4.90 Å². The monoisotopic (exact) mass is 338 g/mol. The van der Waals surface area contributed by atoms with Gasteiger partial charge in [0.2, 0.25) is 0 Å². The zero-order valence-electron chi connectivity index (χ0n) is 14.3. The predicted octanol–water partition coefficient (Wildman–Crippen LogP) is 4.14. The average molecular weight is 338 g/mol. The first-order valence-electron chi connectivity index (χ1n) is 8.74. The van der Waals surface area contributed by atoms with E-state index in [0.717, 1.165) is 30.8 Å². The molecule has 2 aliphatic heterocycles. The largest absolute Gasteiger partial charge is 0.486 e. The summed E-state index contributed by atoms with van der Waals surface area (Å²) in [6.45, 7) is 3.95. The molecule has 2 aromatic carbocycles. The zero-order chi connectivity index (χ0) is 17.2. The Bertz CT molecular complexity index is 790. The van der Waals surface area contributed by atoms with Crippen LogP contribution >= 0.6 is 0 Å². The molecule has 2 aromatic rings. The molecule has 0 bridgehead atoms. The van der Waals surface area contributed by atoms with Crippen molar-refractivity contribution >= 4 is 11.7 Å². The normalized spacial score (nSPS) is 18.9. The van der Waals surface area contributed by atoms with Gasteiger partial charge in [-0.2, -0.15) is 0 Å². The van der Waals surface area contributed by atoms with Crippen molar-refractivity contribution in [2.24, 2.45) is 0 Å². The van der Waals surface area contributed by atoms with Gasteiger partial charge in [-0.3, -0.25) is 0 Å². The minimum absolute atomic E-state index is 0.0688. The van der Waals surface area contributed by atoms with Crippen LogP contribution in [0.3, 0.4) is 0 Å². The first-order valence-corrected chi connectivity index (χ1v) is 8.74. The number of likely N-dealkylation sites (tertiary alicyclic amines) is 1. The summed E-state index contributed by atoms with van der Waals surface area (Å²) >= 11 is 0. The third-order valence-corrected chi connectivity index (χ3v) is 4.73. The molecule has 0 aliphatic carbocycles. The SMILES string of the molecule is Cc1cccc(C2CCCN2C(=O)Nc2ccc3c(c2)OCCO3)c1. The van der Waals surface area contributed by atoms with Crippen molar-refractivity contribution in [2.45, 2.75) is 25.8 Å². The topological polar surface area (TPSA) is 50.8 Å². The van der Waals surface area contributed by atoms with Crippen LogP contribution in [0.5, 0.6) is 11.5 Å². The minimum Gasteiger partial charge on any atom is -0.486 e. The molecular weight excluding hydrogens is 316 g/mol. The van der Waals surface area contributed by atoms with Gasteiger partial charge in [0, 0.05) is 18.3 Å². The number of carbonyl (C=O) groups is 1. The van der Waals surface area contributed by atoms with Crippen LogP contribution in [-0.4, -0.2) is 30.7 Å². The van der Waals surface area contributed by atoms with Crippen molar-refractivity contribution in [2.75, 3.05) is 25.1 Å². The molecule has 4 rings (SSSR count). The molecule has 0 aromatic heterocycles. The molecule has 2 aliphatic rings. The standard InChI is InChI=1S/C20H22N2O3/c1-14-4-2-5-15(12-14)17-6-3-9-22(17)20(23)21-16-7-8-18-19(13-16)25-11-10-24-18/h2,4-5,7-8,12-13,17H,3,6,9-11H2,1H3,(H,21,23). The molecule has 1 unspecified atom stereocenters. The van der Waals surface area contributed by atoms with Gasteiger partial charge in [-0.15, -0.1) is 0 Å². The van der Waals surface area contributed by atoms with Crippen molar-refractivity contribution in [3.05, 3.63) is 53.6 Å². The maximum absolute atomic E-state index is 12.8. The number of hydrogen-bond donors (Lipinski definition) is 1. The van der Waals surface area contributed by atoms with Crippen LogP contribution in [0, 0.1) is 6.92 Å². The summed E-state index contributed by atoms with van der Waals surface area (Å²) in [5, 5.41) is 3.00. The molecule has 25 heavy (non-hydrogen) atoms. The van der Waals surface area contributed by atoms with Crippen LogP contribution in [0.2, 0.25) is 0 Å². The summed E-state index contributed by atoms with van der Waals surface area (Å²) in [6.07, 6.45) is 2.02. The highest BCUT2D eigenvalue weighted by Crippen LogP contribution is 2.35. The Labute approximate surface area is 147 Å². The number of benzene rings is 2. The Morgan fingerprint density at radius 1 is 1.12 bits per heavy atom. The van der Waals surface area contributed by atoms with Crippen molar-refractivity contribution in [3.8, 4) is 11.5 Å². The highest BCUT2D eigenvalue weighted by molar-refractivity contribution is 5.90. The fourth-order valence-electron chi connectivity index (χ4n) is 3.55. The van der Waals surface area contributed by atoms with Crippen LogP contribution < -0.4 is 14.8 Å². The quantitative estimate of drug-likeness (QED) is 0.895. The number of aryl methyl sites for hydroxylation is 1. The van der Waals surface area contributed by atoms with Crippen LogP contribution in [0.1, 0.15) is 30.0 Å². The molecule has 2 heterocycles. The summed E-state index contributed by atoms with van der Waals surface area (Å²) < 4.78 is 11.1. The van der Waals surface area contributed by atoms with E-state index < -0.39 is 0 Å². The highest BCUT2D eigenvalue weighted by Gasteiger charge is 2.30. The smallest absolute Gasteiger partial charge is 0.322 e. The van der Waals surface area contributed by atoms with E-state index in [-0.39, 0.29) is 12.1 Å². The predicted molar refractivity (Wildman–Crippen MR) is 96.3 cm³/mol. The van der Waals surface area contributed by atoms with Crippen LogP contribution in [-0.2, 0) is 0 Å². The van der Waals surface area contributed by atoms with E-state index in [9.17, 15) is 4.79 Å². The molecular formula is C20H22N2O3. The number of rotatable bonds is 2. The van der Waals surface area contributed by atoms with Crippen LogP contribution in [0.4, 0.5) is 10.5 Å². The van der Waals surface area contributed by atoms with Gasteiger partial charge in [0.05, 0.1) is 6.04 Å². The fraction of sp³-hybridized carbons (Fsp3) is 0.350. The molecule has 130 valence electrons. The number of amides is 2. The van der Waals surface area contributed by atoms with Crippen LogP contribution in [0.15, 0.2) is 42.5 Å². The van der Waals surface area contributed by atoms with Gasteiger partial charge < -0.3 is 19.7 Å². The lowest BCUT2D eigenvalue weighted by molar-refractivity contribution is 0.171. The molecule has 0 saturated carbocycles. The number of hydrogen-bond acceptors (Lipinski definition) is 3. The lowest BCUT2D eigenvalue weighted by atomic mass is 10.0. The Morgan fingerprint density at radius 2 is 1.96 bits per heavy atom. The molecule has 0 spiro atoms. The van der Waals surface area contributed by atoms with Crippen molar-refractivity contribution < 1.29 is 14.3 Å². The highest BCUT2D eigenvalue weighted by atomic mass is 16.6. The second-order valence-corrected chi connectivity index (χ2v) is 6.55. The minimum atomic E-state index is -0.0688. The Balaban J connectivity index is 1.50. The summed E-state index contributed by atoms with van der Waals surface area (Å²) in [5.41, 5.74) is 3.15. The third kappa shape index (κ3) is 3.27. The Kier molecular flexibility index (Phi) is 4.22. The van der Waals surface area contributed by atoms with Gasteiger partial charge in [-0.25, -0.2) is 4.79 Å². The van der Waals surface area contributed by atoms with Gasteiger partial charge >= 0.3 is 6.03 Å². The summed E-state index contributed by atoms with van der Waals surface area (Å²) in [5.74, 6) is 1.41. The number of anilines is 1. The molecule has 2 amide bonds. The zero-order valence-corrected chi connectivity index (χ0v) is 14.3. The second-order valence-electron chi connectivity index (χ2n) is 6.55. The molecule has 1 N–H and O–H groups in total. The number of nitrogens with one attached hydrogen (secondary N) is 1. The summed E-state index contributed by atoms with van der Waals surface area (Å²) in [7, 11) is 0. The molecule has 0 radical (unpaired) electrons. The molecule has 5 heteroatoms. The molecule has 1 saturated heterocycles. The lowest BCUT2D eigenvalue weighted by Crippen LogP contribution is -2.34. The lowest BCUT2D eigenvalue weighted by Gasteiger charge is -2.26. The van der Waals surface area contributed by atoms with Gasteiger partial charge in [0.25, 0.3) is 0 Å². The molecule has 1 atom stereocenters. The average Bonchev–Trinajstić information content (AvgIpc) is 3.11. The van der Waals surface area contributed by atoms with Gasteiger partial charge in [0.1, 0.15) is 13.2 Å². The van der Waals surface area contributed by atoms with E-state index in [4.69, 9.17) is 9.47 Å². The Hall–Kier alpha value is -2.69. The number of carbonyl (C=O) groups excluding carboxylic acids is 1. The van der Waals surface area contributed by atoms with E-state index in [1.54, 1.807) is 0 Å². The fourth-order valence-corrected chi connectivity index (χ4v) is 3.55.